The predicted molar refractivity (Wildman–Crippen MR) is 58.1 cm³/mol. The van der Waals surface area contributed by atoms with E-state index in [2.05, 4.69) is 0 Å². The van der Waals surface area contributed by atoms with Crippen molar-refractivity contribution in [1.82, 2.24) is 0 Å². The third-order valence-electron chi connectivity index (χ3n) is 2.18. The molecule has 0 aliphatic carbocycles. The smallest absolute Gasteiger partial charge is 0.304 e. The summed E-state index contributed by atoms with van der Waals surface area (Å²) in [5.41, 5.74) is 0.867. The molecule has 0 amide bonds. The molecule has 1 N–H and O–H groups in total. The zero-order valence-electron chi connectivity index (χ0n) is 9.05. The van der Waals surface area contributed by atoms with Gasteiger partial charge in [0.05, 0.1) is 13.0 Å². The molecule has 1 rings (SSSR count). The first-order chi connectivity index (χ1) is 7.59. The summed E-state index contributed by atoms with van der Waals surface area (Å²) < 4.78 is 4.86. The second-order valence-electron chi connectivity index (χ2n) is 3.51. The maximum Gasteiger partial charge on any atom is 0.304 e. The zero-order valence-corrected chi connectivity index (χ0v) is 9.05. The Bertz CT molecular complexity index is 359. The molecule has 1 unspecified atom stereocenters. The summed E-state index contributed by atoms with van der Waals surface area (Å²) in [6, 6.07) is 9.18. The fraction of sp³-hybridized carbons (Fsp3) is 0.333. The number of ether oxygens (including phenoxy) is 1. The van der Waals surface area contributed by atoms with E-state index < -0.39 is 11.9 Å². The number of hydrogen-bond donors (Lipinski definition) is 1. The van der Waals surface area contributed by atoms with Gasteiger partial charge in [-0.1, -0.05) is 30.3 Å². The monoisotopic (exact) mass is 222 g/mol. The quantitative estimate of drug-likeness (QED) is 0.772. The average Bonchev–Trinajstić information content (AvgIpc) is 2.25. The first-order valence-electron chi connectivity index (χ1n) is 4.99. The molecule has 0 aliphatic heterocycles. The van der Waals surface area contributed by atoms with Crippen molar-refractivity contribution in [3.8, 4) is 0 Å². The Hall–Kier alpha value is -1.84. The molecule has 0 spiro atoms. The number of carbonyl (C=O) groups excluding carboxylic acids is 1. The summed E-state index contributed by atoms with van der Waals surface area (Å²) >= 11 is 0. The van der Waals surface area contributed by atoms with Crippen LogP contribution in [-0.4, -0.2) is 23.7 Å². The third-order valence-corrected chi connectivity index (χ3v) is 2.18. The number of carbonyl (C=O) groups is 2. The van der Waals surface area contributed by atoms with E-state index >= 15 is 0 Å². The van der Waals surface area contributed by atoms with E-state index in [1.54, 1.807) is 0 Å². The van der Waals surface area contributed by atoms with Gasteiger partial charge in [0.2, 0.25) is 0 Å². The van der Waals surface area contributed by atoms with Gasteiger partial charge in [-0.15, -0.1) is 0 Å². The van der Waals surface area contributed by atoms with Crippen molar-refractivity contribution in [2.45, 2.75) is 19.3 Å². The van der Waals surface area contributed by atoms with Gasteiger partial charge in [0.25, 0.3) is 0 Å². The van der Waals surface area contributed by atoms with Crippen LogP contribution in [-0.2, 0) is 14.3 Å². The second-order valence-corrected chi connectivity index (χ2v) is 3.51. The average molecular weight is 222 g/mol. The summed E-state index contributed by atoms with van der Waals surface area (Å²) in [5, 5.41) is 8.77. The van der Waals surface area contributed by atoms with Gasteiger partial charge in [-0.05, 0) is 5.56 Å². The van der Waals surface area contributed by atoms with E-state index in [1.165, 1.54) is 6.92 Å². The van der Waals surface area contributed by atoms with Crippen LogP contribution in [0.2, 0.25) is 0 Å². The highest BCUT2D eigenvalue weighted by molar-refractivity contribution is 5.68. The van der Waals surface area contributed by atoms with E-state index in [-0.39, 0.29) is 18.9 Å². The lowest BCUT2D eigenvalue weighted by Crippen LogP contribution is -2.14. The van der Waals surface area contributed by atoms with Crippen molar-refractivity contribution in [1.29, 1.82) is 0 Å². The molecule has 0 radical (unpaired) electrons. The molecule has 0 saturated heterocycles. The van der Waals surface area contributed by atoms with Crippen LogP contribution in [0.15, 0.2) is 30.3 Å². The first-order valence-corrected chi connectivity index (χ1v) is 4.99. The van der Waals surface area contributed by atoms with Gasteiger partial charge in [-0.25, -0.2) is 0 Å². The summed E-state index contributed by atoms with van der Waals surface area (Å²) in [7, 11) is 0. The Morgan fingerprint density at radius 3 is 2.44 bits per heavy atom. The van der Waals surface area contributed by atoms with E-state index in [0.717, 1.165) is 5.56 Å². The van der Waals surface area contributed by atoms with Crippen LogP contribution < -0.4 is 0 Å². The van der Waals surface area contributed by atoms with E-state index in [1.807, 2.05) is 30.3 Å². The van der Waals surface area contributed by atoms with Crippen LogP contribution in [0.1, 0.15) is 24.8 Å². The number of esters is 1. The van der Waals surface area contributed by atoms with Crippen molar-refractivity contribution < 1.29 is 19.4 Å². The minimum atomic E-state index is -0.902. The van der Waals surface area contributed by atoms with Gasteiger partial charge in [0.1, 0.15) is 0 Å². The molecule has 1 atom stereocenters. The van der Waals surface area contributed by atoms with E-state index in [4.69, 9.17) is 9.84 Å². The standard InChI is InChI=1S/C12H14O4/c1-9(13)16-8-11(7-12(14)15)10-5-3-2-4-6-10/h2-6,11H,7-8H2,1H3,(H,14,15). The zero-order chi connectivity index (χ0) is 12.0. The minimum absolute atomic E-state index is 0.0444. The number of carboxylic acid groups (broad SMARTS) is 1. The van der Waals surface area contributed by atoms with Gasteiger partial charge in [0, 0.05) is 12.8 Å². The molecule has 0 fully saturated rings. The lowest BCUT2D eigenvalue weighted by molar-refractivity contribution is -0.144. The second kappa shape index (κ2) is 5.90. The first kappa shape index (κ1) is 12.2. The topological polar surface area (TPSA) is 63.6 Å². The van der Waals surface area contributed by atoms with Gasteiger partial charge >= 0.3 is 11.9 Å². The van der Waals surface area contributed by atoms with Gasteiger partial charge in [0.15, 0.2) is 0 Å². The number of benzene rings is 1. The van der Waals surface area contributed by atoms with E-state index in [9.17, 15) is 9.59 Å². The Morgan fingerprint density at radius 1 is 1.31 bits per heavy atom. The molecular formula is C12H14O4. The van der Waals surface area contributed by atoms with Crippen LogP contribution in [0.4, 0.5) is 0 Å². The Morgan fingerprint density at radius 2 is 1.94 bits per heavy atom. The third kappa shape index (κ3) is 4.13. The molecule has 4 heteroatoms. The number of aliphatic carboxylic acids is 1. The van der Waals surface area contributed by atoms with Gasteiger partial charge in [-0.3, -0.25) is 9.59 Å². The number of hydrogen-bond acceptors (Lipinski definition) is 3. The van der Waals surface area contributed by atoms with Crippen LogP contribution in [0, 0.1) is 0 Å². The fourth-order valence-corrected chi connectivity index (χ4v) is 1.43. The van der Waals surface area contributed by atoms with Crippen molar-refractivity contribution in [3.63, 3.8) is 0 Å². The lowest BCUT2D eigenvalue weighted by atomic mass is 9.97. The molecule has 16 heavy (non-hydrogen) atoms. The molecule has 86 valence electrons. The minimum Gasteiger partial charge on any atom is -0.481 e. The van der Waals surface area contributed by atoms with Crippen LogP contribution >= 0.6 is 0 Å². The summed E-state index contributed by atoms with van der Waals surface area (Å²) in [5.74, 6) is -1.59. The largest absolute Gasteiger partial charge is 0.481 e. The molecule has 1 aromatic carbocycles. The molecule has 1 aromatic rings. The highest BCUT2D eigenvalue weighted by Gasteiger charge is 2.16. The number of rotatable bonds is 5. The highest BCUT2D eigenvalue weighted by Crippen LogP contribution is 2.19. The summed E-state index contributed by atoms with van der Waals surface area (Å²) in [4.78, 5) is 21.4. The maximum atomic E-state index is 10.7. The summed E-state index contributed by atoms with van der Waals surface area (Å²) in [6.07, 6.45) is -0.0444. The Labute approximate surface area is 93.9 Å². The van der Waals surface area contributed by atoms with Crippen molar-refractivity contribution in [3.05, 3.63) is 35.9 Å². The van der Waals surface area contributed by atoms with Crippen LogP contribution in [0.25, 0.3) is 0 Å². The Kier molecular flexibility index (Phi) is 4.51. The SMILES string of the molecule is CC(=O)OCC(CC(=O)O)c1ccccc1. The molecule has 0 heterocycles. The molecule has 0 bridgehead atoms. The fourth-order valence-electron chi connectivity index (χ4n) is 1.43. The maximum absolute atomic E-state index is 10.7. The lowest BCUT2D eigenvalue weighted by Gasteiger charge is -2.14. The normalized spacial score (nSPS) is 11.8. The van der Waals surface area contributed by atoms with Crippen molar-refractivity contribution in [2.75, 3.05) is 6.61 Å². The molecular weight excluding hydrogens is 208 g/mol. The molecule has 4 nitrogen and oxygen atoms in total. The van der Waals surface area contributed by atoms with Gasteiger partial charge in [-0.2, -0.15) is 0 Å². The summed E-state index contributed by atoms with van der Waals surface area (Å²) in [6.45, 7) is 1.41. The molecule has 0 aliphatic rings. The van der Waals surface area contributed by atoms with Crippen LogP contribution in [0.5, 0.6) is 0 Å². The predicted octanol–water partition coefficient (Wildman–Crippen LogP) is 1.81. The number of carboxylic acids is 1. The van der Waals surface area contributed by atoms with E-state index in [0.29, 0.717) is 0 Å². The van der Waals surface area contributed by atoms with Gasteiger partial charge < -0.3 is 9.84 Å². The van der Waals surface area contributed by atoms with Crippen molar-refractivity contribution >= 4 is 11.9 Å². The van der Waals surface area contributed by atoms with Crippen LogP contribution in [0.3, 0.4) is 0 Å². The molecule has 0 aromatic heterocycles. The highest BCUT2D eigenvalue weighted by atomic mass is 16.5. The Balaban J connectivity index is 2.71. The molecule has 0 saturated carbocycles. The van der Waals surface area contributed by atoms with Crippen molar-refractivity contribution in [2.24, 2.45) is 0 Å².